The van der Waals surface area contributed by atoms with Crippen molar-refractivity contribution in [1.29, 1.82) is 0 Å². The Morgan fingerprint density at radius 1 is 1.08 bits per heavy atom. The van der Waals surface area contributed by atoms with Crippen molar-refractivity contribution < 1.29 is 9.53 Å². The monoisotopic (exact) mass is 352 g/mol. The summed E-state index contributed by atoms with van der Waals surface area (Å²) >= 11 is 0. The van der Waals surface area contributed by atoms with E-state index in [9.17, 15) is 4.79 Å². The molecule has 138 valence electrons. The Hall–Kier alpha value is -2.33. The Labute approximate surface area is 156 Å². The van der Waals surface area contributed by atoms with Crippen molar-refractivity contribution in [2.24, 2.45) is 0 Å². The minimum absolute atomic E-state index is 0.0380. The second-order valence-corrected chi connectivity index (χ2v) is 6.79. The molecular formula is C22H28N2O2. The SMILES string of the molecule is CNCCC(Oc1cccc(C(=O)N2CCCCC2)c1)c1ccccc1. The number of carbonyl (C=O) groups is 1. The number of hydrogen-bond donors (Lipinski definition) is 1. The van der Waals surface area contributed by atoms with Crippen molar-refractivity contribution in [3.8, 4) is 5.75 Å². The van der Waals surface area contributed by atoms with Gasteiger partial charge in [0.15, 0.2) is 0 Å². The highest BCUT2D eigenvalue weighted by atomic mass is 16.5. The summed E-state index contributed by atoms with van der Waals surface area (Å²) in [6.07, 6.45) is 4.25. The minimum atomic E-state index is -0.0380. The maximum atomic E-state index is 12.7. The smallest absolute Gasteiger partial charge is 0.253 e. The van der Waals surface area contributed by atoms with Crippen LogP contribution in [-0.4, -0.2) is 37.5 Å². The van der Waals surface area contributed by atoms with Gasteiger partial charge in [-0.3, -0.25) is 4.79 Å². The van der Waals surface area contributed by atoms with Gasteiger partial charge in [0, 0.05) is 25.1 Å². The van der Waals surface area contributed by atoms with E-state index in [-0.39, 0.29) is 12.0 Å². The van der Waals surface area contributed by atoms with Crippen LogP contribution in [0.5, 0.6) is 5.75 Å². The molecule has 1 atom stereocenters. The first-order chi connectivity index (χ1) is 12.8. The summed E-state index contributed by atoms with van der Waals surface area (Å²) in [7, 11) is 1.94. The van der Waals surface area contributed by atoms with E-state index in [4.69, 9.17) is 4.74 Å². The van der Waals surface area contributed by atoms with Gasteiger partial charge in [-0.2, -0.15) is 0 Å². The van der Waals surface area contributed by atoms with Gasteiger partial charge in [-0.15, -0.1) is 0 Å². The molecule has 1 aliphatic heterocycles. The van der Waals surface area contributed by atoms with Crippen LogP contribution in [0, 0.1) is 0 Å². The fourth-order valence-corrected chi connectivity index (χ4v) is 3.38. The molecule has 0 saturated carbocycles. The Morgan fingerprint density at radius 3 is 2.58 bits per heavy atom. The lowest BCUT2D eigenvalue weighted by atomic mass is 10.1. The van der Waals surface area contributed by atoms with Crippen molar-refractivity contribution in [3.05, 3.63) is 65.7 Å². The lowest BCUT2D eigenvalue weighted by Gasteiger charge is -2.27. The fourth-order valence-electron chi connectivity index (χ4n) is 3.38. The van der Waals surface area contributed by atoms with Crippen LogP contribution in [0.4, 0.5) is 0 Å². The average Bonchev–Trinajstić information content (AvgIpc) is 2.72. The molecular weight excluding hydrogens is 324 g/mol. The first-order valence-electron chi connectivity index (χ1n) is 9.53. The number of amides is 1. The van der Waals surface area contributed by atoms with Crippen LogP contribution in [-0.2, 0) is 0 Å². The van der Waals surface area contributed by atoms with E-state index in [1.165, 1.54) is 6.42 Å². The predicted octanol–water partition coefficient (Wildman–Crippen LogP) is 4.04. The van der Waals surface area contributed by atoms with Crippen LogP contribution < -0.4 is 10.1 Å². The molecule has 1 fully saturated rings. The van der Waals surface area contributed by atoms with Gasteiger partial charge in [-0.25, -0.2) is 0 Å². The van der Waals surface area contributed by atoms with Gasteiger partial charge >= 0.3 is 0 Å². The molecule has 2 aromatic rings. The second-order valence-electron chi connectivity index (χ2n) is 6.79. The van der Waals surface area contributed by atoms with Crippen molar-refractivity contribution in [2.75, 3.05) is 26.7 Å². The van der Waals surface area contributed by atoms with Gasteiger partial charge in [0.25, 0.3) is 5.91 Å². The summed E-state index contributed by atoms with van der Waals surface area (Å²) in [5, 5.41) is 3.19. The molecule has 0 spiro atoms. The standard InChI is InChI=1S/C22H28N2O2/c1-23-14-13-21(18-9-4-2-5-10-18)26-20-12-8-11-19(17-20)22(25)24-15-6-3-7-16-24/h2,4-5,8-12,17,21,23H,3,6-7,13-16H2,1H3. The molecule has 1 heterocycles. The number of benzene rings is 2. The third-order valence-corrected chi connectivity index (χ3v) is 4.83. The second kappa shape index (κ2) is 9.39. The Balaban J connectivity index is 1.74. The maximum Gasteiger partial charge on any atom is 0.253 e. The van der Waals surface area contributed by atoms with Gasteiger partial charge in [0.1, 0.15) is 11.9 Å². The predicted molar refractivity (Wildman–Crippen MR) is 105 cm³/mol. The van der Waals surface area contributed by atoms with Gasteiger partial charge in [0.05, 0.1) is 0 Å². The Morgan fingerprint density at radius 2 is 1.85 bits per heavy atom. The largest absolute Gasteiger partial charge is 0.486 e. The van der Waals surface area contributed by atoms with E-state index in [1.54, 1.807) is 0 Å². The number of piperidine rings is 1. The van der Waals surface area contributed by atoms with Crippen molar-refractivity contribution in [2.45, 2.75) is 31.8 Å². The van der Waals surface area contributed by atoms with Crippen LogP contribution in [0.2, 0.25) is 0 Å². The van der Waals surface area contributed by atoms with Crippen LogP contribution in [0.1, 0.15) is 47.7 Å². The highest BCUT2D eigenvalue weighted by molar-refractivity contribution is 5.94. The molecule has 4 heteroatoms. The third-order valence-electron chi connectivity index (χ3n) is 4.83. The number of nitrogens with one attached hydrogen (secondary N) is 1. The van der Waals surface area contributed by atoms with E-state index in [0.29, 0.717) is 5.56 Å². The zero-order valence-electron chi connectivity index (χ0n) is 15.5. The molecule has 1 saturated heterocycles. The zero-order valence-corrected chi connectivity index (χ0v) is 15.5. The quantitative estimate of drug-likeness (QED) is 0.818. The average molecular weight is 352 g/mol. The summed E-state index contributed by atoms with van der Waals surface area (Å²) in [6, 6.07) is 17.8. The van der Waals surface area contributed by atoms with Crippen LogP contribution in [0.25, 0.3) is 0 Å². The van der Waals surface area contributed by atoms with Crippen molar-refractivity contribution in [3.63, 3.8) is 0 Å². The number of ether oxygens (including phenoxy) is 1. The Bertz CT molecular complexity index is 696. The summed E-state index contributed by atoms with van der Waals surface area (Å²) < 4.78 is 6.27. The lowest BCUT2D eigenvalue weighted by Crippen LogP contribution is -2.35. The molecule has 4 nitrogen and oxygen atoms in total. The molecule has 1 N–H and O–H groups in total. The first kappa shape index (κ1) is 18.5. The van der Waals surface area contributed by atoms with E-state index < -0.39 is 0 Å². The van der Waals surface area contributed by atoms with E-state index in [1.807, 2.05) is 54.4 Å². The van der Waals surface area contributed by atoms with Gasteiger partial charge in [-0.05, 0) is 56.6 Å². The highest BCUT2D eigenvalue weighted by Crippen LogP contribution is 2.26. The van der Waals surface area contributed by atoms with Crippen LogP contribution in [0.15, 0.2) is 54.6 Å². The Kier molecular flexibility index (Phi) is 6.67. The van der Waals surface area contributed by atoms with Crippen LogP contribution in [0.3, 0.4) is 0 Å². The molecule has 0 bridgehead atoms. The van der Waals surface area contributed by atoms with Gasteiger partial charge in [0.2, 0.25) is 0 Å². The molecule has 1 amide bonds. The number of rotatable bonds is 7. The van der Waals surface area contributed by atoms with Crippen molar-refractivity contribution >= 4 is 5.91 Å². The zero-order chi connectivity index (χ0) is 18.2. The lowest BCUT2D eigenvalue weighted by molar-refractivity contribution is 0.0723. The molecule has 1 unspecified atom stereocenters. The van der Waals surface area contributed by atoms with Gasteiger partial charge in [-0.1, -0.05) is 36.4 Å². The maximum absolute atomic E-state index is 12.7. The number of hydrogen-bond acceptors (Lipinski definition) is 3. The normalized spacial score (nSPS) is 15.5. The minimum Gasteiger partial charge on any atom is -0.486 e. The molecule has 2 aromatic carbocycles. The first-order valence-corrected chi connectivity index (χ1v) is 9.53. The molecule has 0 aromatic heterocycles. The van der Waals surface area contributed by atoms with Gasteiger partial charge < -0.3 is 15.0 Å². The summed E-state index contributed by atoms with van der Waals surface area (Å²) in [6.45, 7) is 2.59. The molecule has 0 radical (unpaired) electrons. The fraction of sp³-hybridized carbons (Fsp3) is 0.409. The number of likely N-dealkylation sites (tertiary alicyclic amines) is 1. The number of carbonyl (C=O) groups excluding carboxylic acids is 1. The summed E-state index contributed by atoms with van der Waals surface area (Å²) in [4.78, 5) is 14.7. The molecule has 26 heavy (non-hydrogen) atoms. The highest BCUT2D eigenvalue weighted by Gasteiger charge is 2.19. The third kappa shape index (κ3) is 4.85. The summed E-state index contributed by atoms with van der Waals surface area (Å²) in [5.74, 6) is 0.861. The molecule has 1 aliphatic rings. The van der Waals surface area contributed by atoms with E-state index in [2.05, 4.69) is 17.4 Å². The van der Waals surface area contributed by atoms with Crippen LogP contribution >= 0.6 is 0 Å². The topological polar surface area (TPSA) is 41.6 Å². The van der Waals surface area contributed by atoms with E-state index in [0.717, 1.165) is 50.2 Å². The van der Waals surface area contributed by atoms with E-state index >= 15 is 0 Å². The summed E-state index contributed by atoms with van der Waals surface area (Å²) in [5.41, 5.74) is 1.86. The molecule has 0 aliphatic carbocycles. The molecule has 3 rings (SSSR count). The number of nitrogens with zero attached hydrogens (tertiary/aromatic N) is 1. The van der Waals surface area contributed by atoms with Crippen molar-refractivity contribution in [1.82, 2.24) is 10.2 Å².